The van der Waals surface area contributed by atoms with Crippen LogP contribution in [0.15, 0.2) is 30.6 Å². The zero-order chi connectivity index (χ0) is 12.7. The van der Waals surface area contributed by atoms with Crippen LogP contribution >= 0.6 is 0 Å². The minimum Gasteiger partial charge on any atom is -0.265 e. The van der Waals surface area contributed by atoms with E-state index >= 15 is 0 Å². The van der Waals surface area contributed by atoms with E-state index in [1.165, 1.54) is 0 Å². The fourth-order valence-electron chi connectivity index (χ4n) is 0.535. The molecule has 92 valence electrons. The summed E-state index contributed by atoms with van der Waals surface area (Å²) in [5.41, 5.74) is -5.30. The Kier molecular flexibility index (Phi) is 5.97. The van der Waals surface area contributed by atoms with Crippen molar-refractivity contribution in [3.63, 3.8) is 0 Å². The lowest BCUT2D eigenvalue weighted by Crippen LogP contribution is -2.25. The van der Waals surface area contributed by atoms with Gasteiger partial charge in [0.2, 0.25) is 0 Å². The molecule has 0 fully saturated rings. The van der Waals surface area contributed by atoms with E-state index in [0.29, 0.717) is 0 Å². The molecular formula is C8H10F3NO3S. The molecule has 4 nitrogen and oxygen atoms in total. The van der Waals surface area contributed by atoms with Crippen LogP contribution in [0.5, 0.6) is 0 Å². The van der Waals surface area contributed by atoms with Crippen molar-refractivity contribution in [1.29, 1.82) is 0 Å². The molecule has 1 aromatic heterocycles. The molecule has 16 heavy (non-hydrogen) atoms. The maximum atomic E-state index is 11.3. The van der Waals surface area contributed by atoms with Crippen LogP contribution in [0.25, 0.3) is 0 Å². The number of rotatable bonds is 2. The van der Waals surface area contributed by atoms with Crippen LogP contribution in [-0.2, 0) is 14.3 Å². The second-order valence-electron chi connectivity index (χ2n) is 2.33. The third kappa shape index (κ3) is 5.66. The molecule has 0 aliphatic rings. The Morgan fingerprint density at radius 3 is 1.81 bits per heavy atom. The van der Waals surface area contributed by atoms with E-state index in [1.807, 2.05) is 18.2 Å². The number of halogens is 3. The summed E-state index contributed by atoms with van der Waals surface area (Å²) in [5.74, 6) is 0. The van der Waals surface area contributed by atoms with Crippen molar-refractivity contribution < 1.29 is 25.8 Å². The summed E-state index contributed by atoms with van der Waals surface area (Å²) >= 11 is 0. The van der Waals surface area contributed by atoms with Gasteiger partial charge in [-0.2, -0.15) is 21.6 Å². The van der Waals surface area contributed by atoms with Gasteiger partial charge in [-0.05, 0) is 19.1 Å². The number of hydrogen-bond acceptors (Lipinski definition) is 4. The first-order chi connectivity index (χ1) is 7.31. The Balaban J connectivity index is 0.000000315. The summed E-state index contributed by atoms with van der Waals surface area (Å²) in [4.78, 5) is 3.78. The van der Waals surface area contributed by atoms with Crippen molar-refractivity contribution >= 4 is 10.1 Å². The number of nitrogens with zero attached hydrogens (tertiary/aromatic N) is 1. The zero-order valence-electron chi connectivity index (χ0n) is 8.31. The van der Waals surface area contributed by atoms with Crippen LogP contribution < -0.4 is 0 Å². The monoisotopic (exact) mass is 257 g/mol. The molecule has 0 unspecified atom stereocenters. The average Bonchev–Trinajstić information content (AvgIpc) is 2.19. The predicted octanol–water partition coefficient (Wildman–Crippen LogP) is 1.95. The molecule has 1 rings (SSSR count). The van der Waals surface area contributed by atoms with Crippen LogP contribution in [0, 0.1) is 0 Å². The second-order valence-corrected chi connectivity index (χ2v) is 3.94. The lowest BCUT2D eigenvalue weighted by atomic mass is 10.5. The fourth-order valence-corrected chi connectivity index (χ4v) is 0.978. The first-order valence-corrected chi connectivity index (χ1v) is 5.52. The molecule has 8 heteroatoms. The van der Waals surface area contributed by atoms with Gasteiger partial charge in [0, 0.05) is 12.4 Å². The lowest BCUT2D eigenvalue weighted by molar-refractivity contribution is -0.0539. The van der Waals surface area contributed by atoms with Crippen molar-refractivity contribution in [2.24, 2.45) is 0 Å². The zero-order valence-corrected chi connectivity index (χ0v) is 9.12. The van der Waals surface area contributed by atoms with Gasteiger partial charge in [0.1, 0.15) is 0 Å². The minimum atomic E-state index is -5.35. The number of pyridine rings is 1. The van der Waals surface area contributed by atoms with Gasteiger partial charge in [-0.1, -0.05) is 6.07 Å². The third-order valence-corrected chi connectivity index (χ3v) is 2.24. The summed E-state index contributed by atoms with van der Waals surface area (Å²) in [6.45, 7) is 0.644. The Hall–Kier alpha value is -1.15. The van der Waals surface area contributed by atoms with Gasteiger partial charge in [-0.25, -0.2) is 0 Å². The maximum Gasteiger partial charge on any atom is 0.523 e. The maximum absolute atomic E-state index is 11.3. The molecule has 1 aromatic rings. The summed E-state index contributed by atoms with van der Waals surface area (Å²) < 4.78 is 57.2. The molecule has 0 spiro atoms. The molecule has 1 heterocycles. The lowest BCUT2D eigenvalue weighted by Gasteiger charge is -2.05. The summed E-state index contributed by atoms with van der Waals surface area (Å²) in [6.07, 6.45) is 3.50. The molecule has 0 atom stereocenters. The molecule has 0 aromatic carbocycles. The molecule has 0 N–H and O–H groups in total. The van der Waals surface area contributed by atoms with Crippen molar-refractivity contribution in [3.8, 4) is 0 Å². The van der Waals surface area contributed by atoms with E-state index < -0.39 is 22.2 Å². The van der Waals surface area contributed by atoms with Gasteiger partial charge in [-0.15, -0.1) is 0 Å². The Morgan fingerprint density at radius 1 is 1.19 bits per heavy atom. The van der Waals surface area contributed by atoms with Crippen molar-refractivity contribution in [1.82, 2.24) is 4.98 Å². The normalized spacial score (nSPS) is 11.5. The molecule has 0 aliphatic carbocycles. The Morgan fingerprint density at radius 2 is 1.69 bits per heavy atom. The number of alkyl halides is 3. The summed E-state index contributed by atoms with van der Waals surface area (Å²) in [6, 6.07) is 5.72. The smallest absolute Gasteiger partial charge is 0.265 e. The Labute approximate surface area is 91.2 Å². The van der Waals surface area contributed by atoms with E-state index in [0.717, 1.165) is 6.92 Å². The molecule has 0 radical (unpaired) electrons. The topological polar surface area (TPSA) is 56.3 Å². The van der Waals surface area contributed by atoms with E-state index in [2.05, 4.69) is 9.17 Å². The van der Waals surface area contributed by atoms with Crippen molar-refractivity contribution in [2.45, 2.75) is 12.4 Å². The predicted molar refractivity (Wildman–Crippen MR) is 50.8 cm³/mol. The molecule has 0 amide bonds. The first-order valence-electron chi connectivity index (χ1n) is 4.12. The van der Waals surface area contributed by atoms with Gasteiger partial charge >= 0.3 is 15.6 Å². The standard InChI is InChI=1S/C5H5N.C3H5F3O3S/c1-2-4-6-5-3-1;1-2-9-10(7,8)3(4,5)6/h1-5H;2H2,1H3. The molecule has 0 saturated heterocycles. The number of aromatic nitrogens is 1. The van der Waals surface area contributed by atoms with Crippen LogP contribution in [0.2, 0.25) is 0 Å². The first kappa shape index (κ1) is 14.8. The summed E-state index contributed by atoms with van der Waals surface area (Å²) in [5, 5.41) is 0. The second kappa shape index (κ2) is 6.44. The molecule has 0 aliphatic heterocycles. The van der Waals surface area contributed by atoms with Crippen molar-refractivity contribution in [3.05, 3.63) is 30.6 Å². The van der Waals surface area contributed by atoms with Gasteiger partial charge in [-0.3, -0.25) is 9.17 Å². The van der Waals surface area contributed by atoms with E-state index in [-0.39, 0.29) is 0 Å². The van der Waals surface area contributed by atoms with Gasteiger partial charge in [0.15, 0.2) is 0 Å². The summed E-state index contributed by atoms with van der Waals surface area (Å²) in [7, 11) is -5.35. The number of hydrogen-bond donors (Lipinski definition) is 0. The van der Waals surface area contributed by atoms with E-state index in [4.69, 9.17) is 0 Å². The van der Waals surface area contributed by atoms with Gasteiger partial charge in [0.05, 0.1) is 6.61 Å². The van der Waals surface area contributed by atoms with Crippen LogP contribution in [0.4, 0.5) is 13.2 Å². The highest BCUT2D eigenvalue weighted by atomic mass is 32.2. The van der Waals surface area contributed by atoms with E-state index in [1.54, 1.807) is 12.4 Å². The van der Waals surface area contributed by atoms with Crippen LogP contribution in [0.1, 0.15) is 6.92 Å². The minimum absolute atomic E-state index is 0.512. The van der Waals surface area contributed by atoms with Gasteiger partial charge < -0.3 is 0 Å². The molecule has 0 bridgehead atoms. The van der Waals surface area contributed by atoms with E-state index in [9.17, 15) is 21.6 Å². The third-order valence-electron chi connectivity index (χ3n) is 1.12. The van der Waals surface area contributed by atoms with Crippen LogP contribution in [-0.4, -0.2) is 25.5 Å². The average molecular weight is 257 g/mol. The highest BCUT2D eigenvalue weighted by Crippen LogP contribution is 2.24. The highest BCUT2D eigenvalue weighted by Gasteiger charge is 2.46. The van der Waals surface area contributed by atoms with Gasteiger partial charge in [0.25, 0.3) is 0 Å². The fraction of sp³-hybridized carbons (Fsp3) is 0.375. The van der Waals surface area contributed by atoms with Crippen LogP contribution in [0.3, 0.4) is 0 Å². The van der Waals surface area contributed by atoms with Crippen molar-refractivity contribution in [2.75, 3.05) is 6.61 Å². The Bertz CT molecular complexity index is 351. The largest absolute Gasteiger partial charge is 0.523 e. The molecule has 0 saturated carbocycles. The quantitative estimate of drug-likeness (QED) is 0.600. The SMILES string of the molecule is CCOS(=O)(=O)C(F)(F)F.c1ccncc1. The highest BCUT2D eigenvalue weighted by molar-refractivity contribution is 7.87. The molecular weight excluding hydrogens is 247 g/mol.